The molecule has 0 aromatic heterocycles. The Labute approximate surface area is 106 Å². The molecule has 0 aliphatic carbocycles. The number of methoxy groups -OCH3 is 1. The Bertz CT molecular complexity index is 357. The summed E-state index contributed by atoms with van der Waals surface area (Å²) in [6.45, 7) is 3.71. The molecule has 0 fully saturated rings. The van der Waals surface area contributed by atoms with E-state index in [4.69, 9.17) is 16.3 Å². The number of aliphatic hydroxyl groups excluding tert-OH is 1. The van der Waals surface area contributed by atoms with Crippen molar-refractivity contribution in [3.05, 3.63) is 34.6 Å². The van der Waals surface area contributed by atoms with Crippen LogP contribution in [-0.4, -0.2) is 23.9 Å². The monoisotopic (exact) mass is 260 g/mol. The van der Waals surface area contributed by atoms with Crippen molar-refractivity contribution in [2.75, 3.05) is 7.11 Å². The molecular weight excluding hydrogens is 243 g/mol. The van der Waals surface area contributed by atoms with Gasteiger partial charge in [0.05, 0.1) is 11.7 Å². The van der Waals surface area contributed by atoms with Crippen LogP contribution in [-0.2, 0) is 11.2 Å². The summed E-state index contributed by atoms with van der Waals surface area (Å²) in [7, 11) is 1.54. The van der Waals surface area contributed by atoms with Gasteiger partial charge in [0.15, 0.2) is 0 Å². The van der Waals surface area contributed by atoms with Gasteiger partial charge in [0.2, 0.25) is 0 Å². The molecule has 0 heterocycles. The molecule has 0 spiro atoms. The van der Waals surface area contributed by atoms with Gasteiger partial charge in [-0.15, -0.1) is 0 Å². The Morgan fingerprint density at radius 1 is 1.53 bits per heavy atom. The van der Waals surface area contributed by atoms with Crippen LogP contribution < -0.4 is 0 Å². The van der Waals surface area contributed by atoms with Gasteiger partial charge in [-0.25, -0.2) is 4.39 Å². The van der Waals surface area contributed by atoms with Crippen LogP contribution >= 0.6 is 11.6 Å². The van der Waals surface area contributed by atoms with Crippen LogP contribution in [0.25, 0.3) is 0 Å². The summed E-state index contributed by atoms with van der Waals surface area (Å²) in [5.74, 6) is -0.397. The summed E-state index contributed by atoms with van der Waals surface area (Å²) in [5.41, 5.74) is -0.357. The summed E-state index contributed by atoms with van der Waals surface area (Å²) in [4.78, 5) is 0. The summed E-state index contributed by atoms with van der Waals surface area (Å²) in [5, 5.41) is 10.5. The van der Waals surface area contributed by atoms with E-state index >= 15 is 0 Å². The van der Waals surface area contributed by atoms with Gasteiger partial charge in [-0.05, 0) is 25.5 Å². The van der Waals surface area contributed by atoms with Crippen molar-refractivity contribution in [1.29, 1.82) is 0 Å². The van der Waals surface area contributed by atoms with E-state index in [9.17, 15) is 9.50 Å². The Morgan fingerprint density at radius 2 is 2.18 bits per heavy atom. The molecule has 1 aromatic carbocycles. The minimum Gasteiger partial charge on any atom is -0.390 e. The molecule has 2 atom stereocenters. The molecule has 0 saturated carbocycles. The van der Waals surface area contributed by atoms with Crippen LogP contribution in [0.4, 0.5) is 4.39 Å². The smallest absolute Gasteiger partial charge is 0.127 e. The molecule has 0 bridgehead atoms. The fourth-order valence-electron chi connectivity index (χ4n) is 1.65. The molecule has 0 radical (unpaired) electrons. The second-order valence-corrected chi connectivity index (χ2v) is 4.70. The minimum absolute atomic E-state index is 0.143. The molecule has 0 aliphatic rings. The van der Waals surface area contributed by atoms with Gasteiger partial charge < -0.3 is 9.84 Å². The average Bonchev–Trinajstić information content (AvgIpc) is 2.32. The first kappa shape index (κ1) is 14.4. The van der Waals surface area contributed by atoms with Crippen LogP contribution in [0.2, 0.25) is 5.02 Å². The van der Waals surface area contributed by atoms with Crippen molar-refractivity contribution in [2.45, 2.75) is 38.4 Å². The number of halogens is 2. The van der Waals surface area contributed by atoms with Gasteiger partial charge in [-0.3, -0.25) is 0 Å². The third-order valence-corrected chi connectivity index (χ3v) is 3.69. The van der Waals surface area contributed by atoms with Crippen molar-refractivity contribution in [2.24, 2.45) is 0 Å². The second kappa shape index (κ2) is 5.80. The third kappa shape index (κ3) is 3.18. The maximum Gasteiger partial charge on any atom is 0.127 e. The summed E-state index contributed by atoms with van der Waals surface area (Å²) in [6.07, 6.45) is -0.0210. The zero-order chi connectivity index (χ0) is 13.1. The predicted octanol–water partition coefficient (Wildman–Crippen LogP) is 3.20. The number of rotatable bonds is 5. The maximum atomic E-state index is 13.6. The molecule has 1 rings (SSSR count). The molecule has 4 heteroatoms. The third-order valence-electron chi connectivity index (χ3n) is 3.33. The first-order valence-corrected chi connectivity index (χ1v) is 5.98. The zero-order valence-electron chi connectivity index (χ0n) is 10.3. The van der Waals surface area contributed by atoms with E-state index in [2.05, 4.69) is 0 Å². The molecule has 1 N–H and O–H groups in total. The van der Waals surface area contributed by atoms with Gasteiger partial charge in [-0.1, -0.05) is 24.6 Å². The van der Waals surface area contributed by atoms with Crippen molar-refractivity contribution < 1.29 is 14.2 Å². The van der Waals surface area contributed by atoms with Crippen molar-refractivity contribution in [1.82, 2.24) is 0 Å². The highest BCUT2D eigenvalue weighted by Gasteiger charge is 2.32. The lowest BCUT2D eigenvalue weighted by Crippen LogP contribution is -2.42. The predicted molar refractivity (Wildman–Crippen MR) is 66.8 cm³/mol. The van der Waals surface area contributed by atoms with Gasteiger partial charge in [0, 0.05) is 24.1 Å². The number of ether oxygens (including phenoxy) is 1. The average molecular weight is 261 g/mol. The first-order valence-electron chi connectivity index (χ1n) is 5.60. The summed E-state index contributed by atoms with van der Waals surface area (Å²) in [6, 6.07) is 4.50. The van der Waals surface area contributed by atoms with Crippen LogP contribution in [0, 0.1) is 5.82 Å². The zero-order valence-corrected chi connectivity index (χ0v) is 11.1. The van der Waals surface area contributed by atoms with Crippen LogP contribution in [0.5, 0.6) is 0 Å². The molecule has 96 valence electrons. The van der Waals surface area contributed by atoms with Gasteiger partial charge in [-0.2, -0.15) is 0 Å². The van der Waals surface area contributed by atoms with E-state index in [1.807, 2.05) is 6.92 Å². The first-order chi connectivity index (χ1) is 7.94. The Balaban J connectivity index is 2.91. The fourth-order valence-corrected chi connectivity index (χ4v) is 1.89. The molecule has 0 saturated heterocycles. The topological polar surface area (TPSA) is 29.5 Å². The van der Waals surface area contributed by atoms with E-state index in [0.29, 0.717) is 17.0 Å². The standard InChI is InChI=1S/C13H18ClFO2/c1-4-13(2,17-3)12(16)8-9-10(14)6-5-7-11(9)15/h5-7,12,16H,4,8H2,1-3H3. The maximum absolute atomic E-state index is 13.6. The molecule has 17 heavy (non-hydrogen) atoms. The molecule has 0 amide bonds. The van der Waals surface area contributed by atoms with E-state index in [-0.39, 0.29) is 6.42 Å². The fraction of sp³-hybridized carbons (Fsp3) is 0.538. The van der Waals surface area contributed by atoms with Crippen LogP contribution in [0.3, 0.4) is 0 Å². The van der Waals surface area contributed by atoms with E-state index in [0.717, 1.165) is 0 Å². The second-order valence-electron chi connectivity index (χ2n) is 4.29. The summed E-state index contributed by atoms with van der Waals surface area (Å²) >= 11 is 5.92. The van der Waals surface area contributed by atoms with Gasteiger partial charge >= 0.3 is 0 Å². The van der Waals surface area contributed by atoms with E-state index < -0.39 is 17.5 Å². The highest BCUT2D eigenvalue weighted by atomic mass is 35.5. The lowest BCUT2D eigenvalue weighted by molar-refractivity contribution is -0.0916. The SMILES string of the molecule is CCC(C)(OC)C(O)Cc1c(F)cccc1Cl. The molecule has 2 nitrogen and oxygen atoms in total. The number of hydrogen-bond donors (Lipinski definition) is 1. The number of benzene rings is 1. The molecule has 1 aromatic rings. The lowest BCUT2D eigenvalue weighted by Gasteiger charge is -2.32. The van der Waals surface area contributed by atoms with Crippen LogP contribution in [0.1, 0.15) is 25.8 Å². The van der Waals surface area contributed by atoms with Gasteiger partial charge in [0.1, 0.15) is 5.82 Å². The minimum atomic E-state index is -0.799. The number of aliphatic hydroxyl groups is 1. The largest absolute Gasteiger partial charge is 0.390 e. The Kier molecular flexibility index (Phi) is 4.92. The highest BCUT2D eigenvalue weighted by Crippen LogP contribution is 2.26. The Morgan fingerprint density at radius 3 is 2.65 bits per heavy atom. The Hall–Kier alpha value is -0.640. The quantitative estimate of drug-likeness (QED) is 0.881. The van der Waals surface area contributed by atoms with Crippen molar-refractivity contribution in [3.63, 3.8) is 0 Å². The van der Waals surface area contributed by atoms with Crippen LogP contribution in [0.15, 0.2) is 18.2 Å². The molecular formula is C13H18ClFO2. The number of hydrogen-bond acceptors (Lipinski definition) is 2. The van der Waals surface area contributed by atoms with Crippen molar-refractivity contribution in [3.8, 4) is 0 Å². The molecule has 2 unspecified atom stereocenters. The van der Waals surface area contributed by atoms with E-state index in [1.54, 1.807) is 19.1 Å². The van der Waals surface area contributed by atoms with E-state index in [1.165, 1.54) is 13.2 Å². The summed E-state index contributed by atoms with van der Waals surface area (Å²) < 4.78 is 18.9. The van der Waals surface area contributed by atoms with Gasteiger partial charge in [0.25, 0.3) is 0 Å². The lowest BCUT2D eigenvalue weighted by atomic mass is 9.90. The van der Waals surface area contributed by atoms with Crippen molar-refractivity contribution >= 4 is 11.6 Å². The normalized spacial score (nSPS) is 16.6. The highest BCUT2D eigenvalue weighted by molar-refractivity contribution is 6.31. The molecule has 0 aliphatic heterocycles.